The van der Waals surface area contributed by atoms with Gasteiger partial charge in [-0.15, -0.1) is 0 Å². The minimum absolute atomic E-state index is 0.0971. The summed E-state index contributed by atoms with van der Waals surface area (Å²) < 4.78 is 15.5. The van der Waals surface area contributed by atoms with Crippen molar-refractivity contribution in [2.75, 3.05) is 5.32 Å². The summed E-state index contributed by atoms with van der Waals surface area (Å²) in [5, 5.41) is 18.0. The van der Waals surface area contributed by atoms with E-state index in [1.807, 2.05) is 20.9 Å². The van der Waals surface area contributed by atoms with E-state index >= 15 is 0 Å². The summed E-state index contributed by atoms with van der Waals surface area (Å²) in [6, 6.07) is 3.78. The standard InChI is InChI=1S/C13H15FN4O2/c1-8-10(9(2)17(3)16-8)7-15-13-11(14)5-4-6-12(13)18(19)20/h4-6,15H,7H2,1-3H3. The Kier molecular flexibility index (Phi) is 3.69. The van der Waals surface area contributed by atoms with Gasteiger partial charge in [0.1, 0.15) is 5.69 Å². The van der Waals surface area contributed by atoms with Crippen LogP contribution in [-0.2, 0) is 13.6 Å². The molecule has 20 heavy (non-hydrogen) atoms. The van der Waals surface area contributed by atoms with Crippen LogP contribution in [0.1, 0.15) is 17.0 Å². The van der Waals surface area contributed by atoms with Gasteiger partial charge in [-0.1, -0.05) is 6.07 Å². The molecule has 106 valence electrons. The number of nitrogens with one attached hydrogen (secondary N) is 1. The van der Waals surface area contributed by atoms with Gasteiger partial charge in [0, 0.05) is 30.9 Å². The largest absolute Gasteiger partial charge is 0.373 e. The van der Waals surface area contributed by atoms with Gasteiger partial charge in [0.25, 0.3) is 5.69 Å². The van der Waals surface area contributed by atoms with Crippen LogP contribution in [0.25, 0.3) is 0 Å². The van der Waals surface area contributed by atoms with Gasteiger partial charge in [-0.25, -0.2) is 4.39 Å². The minimum Gasteiger partial charge on any atom is -0.373 e. The van der Waals surface area contributed by atoms with E-state index in [2.05, 4.69) is 10.4 Å². The first kappa shape index (κ1) is 14.0. The van der Waals surface area contributed by atoms with Crippen LogP contribution in [0.2, 0.25) is 0 Å². The molecule has 7 heteroatoms. The van der Waals surface area contributed by atoms with Crippen LogP contribution in [-0.4, -0.2) is 14.7 Å². The van der Waals surface area contributed by atoms with Gasteiger partial charge in [-0.2, -0.15) is 5.10 Å². The second-order valence-electron chi connectivity index (χ2n) is 4.52. The first-order chi connectivity index (χ1) is 9.41. The topological polar surface area (TPSA) is 73.0 Å². The van der Waals surface area contributed by atoms with Crippen molar-refractivity contribution < 1.29 is 9.31 Å². The number of nitro groups is 1. The predicted molar refractivity (Wildman–Crippen MR) is 73.1 cm³/mol. The third-order valence-corrected chi connectivity index (χ3v) is 3.29. The van der Waals surface area contributed by atoms with Gasteiger partial charge in [0.05, 0.1) is 10.6 Å². The Balaban J connectivity index is 2.30. The van der Waals surface area contributed by atoms with Gasteiger partial charge >= 0.3 is 0 Å². The molecule has 0 aliphatic rings. The summed E-state index contributed by atoms with van der Waals surface area (Å²) >= 11 is 0. The Bertz CT molecular complexity index is 667. The monoisotopic (exact) mass is 278 g/mol. The van der Waals surface area contributed by atoms with Crippen LogP contribution in [0.4, 0.5) is 15.8 Å². The molecule has 6 nitrogen and oxygen atoms in total. The number of hydrogen-bond acceptors (Lipinski definition) is 4. The molecule has 0 unspecified atom stereocenters. The van der Waals surface area contributed by atoms with Crippen molar-refractivity contribution in [2.45, 2.75) is 20.4 Å². The molecule has 0 saturated heterocycles. The minimum atomic E-state index is -0.640. The summed E-state index contributed by atoms with van der Waals surface area (Å²) in [5.41, 5.74) is 2.29. The van der Waals surface area contributed by atoms with Crippen LogP contribution in [0.3, 0.4) is 0 Å². The summed E-state index contributed by atoms with van der Waals surface area (Å²) in [5.74, 6) is -0.640. The molecule has 2 aromatic rings. The number of halogens is 1. The SMILES string of the molecule is Cc1nn(C)c(C)c1CNc1c(F)cccc1[N+](=O)[O-]. The van der Waals surface area contributed by atoms with Crippen molar-refractivity contribution in [3.8, 4) is 0 Å². The molecule has 1 N–H and O–H groups in total. The second kappa shape index (κ2) is 5.28. The Morgan fingerprint density at radius 3 is 2.70 bits per heavy atom. The lowest BCUT2D eigenvalue weighted by atomic mass is 10.2. The molecule has 0 atom stereocenters. The Hall–Kier alpha value is -2.44. The number of hydrogen-bond donors (Lipinski definition) is 1. The molecule has 1 heterocycles. The first-order valence-electron chi connectivity index (χ1n) is 6.07. The summed E-state index contributed by atoms with van der Waals surface area (Å²) in [6.45, 7) is 4.03. The van der Waals surface area contributed by atoms with Crippen molar-refractivity contribution in [3.05, 3.63) is 51.1 Å². The molecule has 0 amide bonds. The number of aromatic nitrogens is 2. The Morgan fingerprint density at radius 1 is 1.45 bits per heavy atom. The molecule has 0 saturated carbocycles. The normalized spacial score (nSPS) is 10.6. The molecular weight excluding hydrogens is 263 g/mol. The molecule has 0 spiro atoms. The van der Waals surface area contributed by atoms with Gasteiger partial charge in [0.2, 0.25) is 0 Å². The van der Waals surface area contributed by atoms with E-state index in [1.54, 1.807) is 4.68 Å². The van der Waals surface area contributed by atoms with Gasteiger partial charge in [-0.05, 0) is 19.9 Å². The summed E-state index contributed by atoms with van der Waals surface area (Å²) in [7, 11) is 1.82. The highest BCUT2D eigenvalue weighted by molar-refractivity contribution is 5.62. The van der Waals surface area contributed by atoms with Gasteiger partial charge < -0.3 is 5.32 Å². The summed E-state index contributed by atoms with van der Waals surface area (Å²) in [6.07, 6.45) is 0. The number of para-hydroxylation sites is 1. The van der Waals surface area contributed by atoms with Crippen molar-refractivity contribution in [1.82, 2.24) is 9.78 Å². The average Bonchev–Trinajstić information content (AvgIpc) is 2.62. The molecule has 0 fully saturated rings. The molecule has 1 aromatic carbocycles. The second-order valence-corrected chi connectivity index (χ2v) is 4.52. The maximum atomic E-state index is 13.7. The van der Waals surface area contributed by atoms with Crippen molar-refractivity contribution in [2.24, 2.45) is 7.05 Å². The first-order valence-corrected chi connectivity index (χ1v) is 6.07. The fourth-order valence-corrected chi connectivity index (χ4v) is 2.09. The van der Waals surface area contributed by atoms with Crippen LogP contribution in [0, 0.1) is 29.8 Å². The number of rotatable bonds is 4. The molecular formula is C13H15FN4O2. The fraction of sp³-hybridized carbons (Fsp3) is 0.308. The van der Waals surface area contributed by atoms with Gasteiger partial charge in [-0.3, -0.25) is 14.8 Å². The van der Waals surface area contributed by atoms with Crippen LogP contribution >= 0.6 is 0 Å². The van der Waals surface area contributed by atoms with Crippen molar-refractivity contribution in [3.63, 3.8) is 0 Å². The smallest absolute Gasteiger partial charge is 0.295 e. The maximum absolute atomic E-state index is 13.7. The van der Waals surface area contributed by atoms with Crippen LogP contribution < -0.4 is 5.32 Å². The summed E-state index contributed by atoms with van der Waals surface area (Å²) in [4.78, 5) is 10.3. The lowest BCUT2D eigenvalue weighted by Gasteiger charge is -2.08. The highest BCUT2D eigenvalue weighted by atomic mass is 19.1. The third-order valence-electron chi connectivity index (χ3n) is 3.29. The van der Waals surface area contributed by atoms with E-state index < -0.39 is 10.7 Å². The quantitative estimate of drug-likeness (QED) is 0.689. The number of nitrogens with zero attached hydrogens (tertiary/aromatic N) is 3. The van der Waals surface area contributed by atoms with Gasteiger partial charge in [0.15, 0.2) is 5.82 Å². The molecule has 0 bridgehead atoms. The maximum Gasteiger partial charge on any atom is 0.295 e. The average molecular weight is 278 g/mol. The third kappa shape index (κ3) is 2.47. The molecule has 0 aliphatic carbocycles. The zero-order valence-corrected chi connectivity index (χ0v) is 11.5. The zero-order chi connectivity index (χ0) is 14.9. The van der Waals surface area contributed by atoms with E-state index in [-0.39, 0.29) is 17.9 Å². The van der Waals surface area contributed by atoms with Crippen molar-refractivity contribution >= 4 is 11.4 Å². The van der Waals surface area contributed by atoms with E-state index in [4.69, 9.17) is 0 Å². The molecule has 0 radical (unpaired) electrons. The number of nitro benzene ring substituents is 1. The van der Waals surface area contributed by atoms with Crippen LogP contribution in [0.15, 0.2) is 18.2 Å². The Labute approximate surface area is 115 Å². The van der Waals surface area contributed by atoms with E-state index in [0.717, 1.165) is 17.0 Å². The molecule has 1 aromatic heterocycles. The molecule has 2 rings (SSSR count). The number of anilines is 1. The lowest BCUT2D eigenvalue weighted by molar-refractivity contribution is -0.384. The van der Waals surface area contributed by atoms with E-state index in [9.17, 15) is 14.5 Å². The predicted octanol–water partition coefficient (Wildman–Crippen LogP) is 2.70. The van der Waals surface area contributed by atoms with Crippen molar-refractivity contribution in [1.29, 1.82) is 0 Å². The zero-order valence-electron chi connectivity index (χ0n) is 11.5. The molecule has 0 aliphatic heterocycles. The number of benzene rings is 1. The highest BCUT2D eigenvalue weighted by Gasteiger charge is 2.18. The lowest BCUT2D eigenvalue weighted by Crippen LogP contribution is -2.06. The van der Waals surface area contributed by atoms with E-state index in [1.165, 1.54) is 18.2 Å². The number of aryl methyl sites for hydroxylation is 2. The Morgan fingerprint density at radius 2 is 2.15 bits per heavy atom. The van der Waals surface area contributed by atoms with Crippen LogP contribution in [0.5, 0.6) is 0 Å². The highest BCUT2D eigenvalue weighted by Crippen LogP contribution is 2.28. The fourth-order valence-electron chi connectivity index (χ4n) is 2.09. The van der Waals surface area contributed by atoms with E-state index in [0.29, 0.717) is 0 Å².